The lowest BCUT2D eigenvalue weighted by molar-refractivity contribution is -0.143. The molecule has 1 unspecified atom stereocenters. The molecule has 2 heterocycles. The lowest BCUT2D eigenvalue weighted by Crippen LogP contribution is -2.41. The van der Waals surface area contributed by atoms with Crippen LogP contribution >= 0.6 is 11.8 Å². The number of carbonyl (C=O) groups excluding carboxylic acids is 1. The smallest absolute Gasteiger partial charge is 0.322 e. The van der Waals surface area contributed by atoms with Gasteiger partial charge in [0.05, 0.1) is 7.11 Å². The van der Waals surface area contributed by atoms with Crippen molar-refractivity contribution in [1.29, 1.82) is 0 Å². The number of nitrogens with zero attached hydrogens (tertiary/aromatic N) is 3. The summed E-state index contributed by atoms with van der Waals surface area (Å²) in [4.78, 5) is 11.7. The third-order valence-electron chi connectivity index (χ3n) is 2.94. The van der Waals surface area contributed by atoms with E-state index >= 15 is 0 Å². The average molecular weight is 308 g/mol. The van der Waals surface area contributed by atoms with Gasteiger partial charge in [0.2, 0.25) is 0 Å². The second-order valence-electron chi connectivity index (χ2n) is 4.95. The van der Waals surface area contributed by atoms with Crippen molar-refractivity contribution in [2.24, 2.45) is 0 Å². The Morgan fingerprint density at radius 2 is 2.24 bits per heavy atom. The SMILES string of the molecule is COC(=O)C(CCSc1nnc2ccccn12)NC(C)C. The van der Waals surface area contributed by atoms with Crippen LogP contribution in [0.3, 0.4) is 0 Å². The highest BCUT2D eigenvalue weighted by Crippen LogP contribution is 2.18. The first kappa shape index (κ1) is 15.8. The minimum atomic E-state index is -0.290. The average Bonchev–Trinajstić information content (AvgIpc) is 2.88. The Morgan fingerprint density at radius 1 is 1.43 bits per heavy atom. The molecule has 0 radical (unpaired) electrons. The Labute approximate surface area is 128 Å². The molecule has 0 aliphatic heterocycles. The fourth-order valence-electron chi connectivity index (χ4n) is 2.00. The van der Waals surface area contributed by atoms with Crippen molar-refractivity contribution < 1.29 is 9.53 Å². The predicted molar refractivity (Wildman–Crippen MR) is 82.4 cm³/mol. The van der Waals surface area contributed by atoms with Crippen LogP contribution in [0, 0.1) is 0 Å². The summed E-state index contributed by atoms with van der Waals surface area (Å²) in [6, 6.07) is 5.72. The summed E-state index contributed by atoms with van der Waals surface area (Å²) in [5, 5.41) is 12.3. The molecular formula is C14H20N4O2S. The zero-order valence-electron chi connectivity index (χ0n) is 12.4. The van der Waals surface area contributed by atoms with Crippen molar-refractivity contribution in [2.75, 3.05) is 12.9 Å². The van der Waals surface area contributed by atoms with Gasteiger partial charge >= 0.3 is 5.97 Å². The van der Waals surface area contributed by atoms with E-state index in [1.54, 1.807) is 11.8 Å². The molecule has 0 amide bonds. The van der Waals surface area contributed by atoms with E-state index in [9.17, 15) is 4.79 Å². The number of rotatable bonds is 7. The van der Waals surface area contributed by atoms with Crippen molar-refractivity contribution in [3.63, 3.8) is 0 Å². The van der Waals surface area contributed by atoms with Crippen molar-refractivity contribution in [1.82, 2.24) is 19.9 Å². The molecule has 0 fully saturated rings. The molecule has 0 aromatic carbocycles. The second kappa shape index (κ2) is 7.42. The normalized spacial score (nSPS) is 12.8. The number of thioether (sulfide) groups is 1. The fourth-order valence-corrected chi connectivity index (χ4v) is 2.93. The van der Waals surface area contributed by atoms with Gasteiger partial charge in [-0.2, -0.15) is 0 Å². The maximum Gasteiger partial charge on any atom is 0.322 e. The highest BCUT2D eigenvalue weighted by molar-refractivity contribution is 7.99. The third kappa shape index (κ3) is 4.18. The summed E-state index contributed by atoms with van der Waals surface area (Å²) in [6.45, 7) is 4.02. The van der Waals surface area contributed by atoms with Crippen LogP contribution in [-0.2, 0) is 9.53 Å². The van der Waals surface area contributed by atoms with Crippen molar-refractivity contribution >= 4 is 23.4 Å². The van der Waals surface area contributed by atoms with Gasteiger partial charge in [-0.1, -0.05) is 31.7 Å². The molecule has 2 rings (SSSR count). The standard InChI is InChI=1S/C14H20N4O2S/c1-10(2)15-11(13(19)20-3)7-9-21-14-17-16-12-6-4-5-8-18(12)14/h4-6,8,10-11,15H,7,9H2,1-3H3. The van der Waals surface area contributed by atoms with Gasteiger partial charge in [-0.25, -0.2) is 0 Å². The molecule has 2 aromatic rings. The van der Waals surface area contributed by atoms with E-state index < -0.39 is 0 Å². The van der Waals surface area contributed by atoms with E-state index in [1.807, 2.05) is 42.6 Å². The highest BCUT2D eigenvalue weighted by atomic mass is 32.2. The van der Waals surface area contributed by atoms with Crippen molar-refractivity contribution in [3.05, 3.63) is 24.4 Å². The molecule has 114 valence electrons. The summed E-state index contributed by atoms with van der Waals surface area (Å²) < 4.78 is 6.77. The van der Waals surface area contributed by atoms with Gasteiger partial charge in [-0.05, 0) is 18.6 Å². The first-order valence-electron chi connectivity index (χ1n) is 6.88. The zero-order valence-corrected chi connectivity index (χ0v) is 13.3. The molecule has 21 heavy (non-hydrogen) atoms. The number of methoxy groups -OCH3 is 1. The number of esters is 1. The molecule has 1 N–H and O–H groups in total. The van der Waals surface area contributed by atoms with Crippen LogP contribution in [0.4, 0.5) is 0 Å². The Kier molecular flexibility index (Phi) is 5.58. The Morgan fingerprint density at radius 3 is 2.95 bits per heavy atom. The Hall–Kier alpha value is -1.60. The highest BCUT2D eigenvalue weighted by Gasteiger charge is 2.19. The van der Waals surface area contributed by atoms with Gasteiger partial charge in [0.25, 0.3) is 0 Å². The van der Waals surface area contributed by atoms with Gasteiger partial charge in [-0.3, -0.25) is 9.20 Å². The monoisotopic (exact) mass is 308 g/mol. The largest absolute Gasteiger partial charge is 0.468 e. The summed E-state index contributed by atoms with van der Waals surface area (Å²) in [7, 11) is 1.41. The number of hydrogen-bond donors (Lipinski definition) is 1. The lowest BCUT2D eigenvalue weighted by Gasteiger charge is -2.18. The summed E-state index contributed by atoms with van der Waals surface area (Å²) in [5.41, 5.74) is 0.824. The van der Waals surface area contributed by atoms with Crippen molar-refractivity contribution in [2.45, 2.75) is 37.5 Å². The second-order valence-corrected chi connectivity index (χ2v) is 6.01. The zero-order chi connectivity index (χ0) is 15.2. The van der Waals surface area contributed by atoms with Crippen LogP contribution in [0.15, 0.2) is 29.6 Å². The van der Waals surface area contributed by atoms with E-state index in [-0.39, 0.29) is 18.1 Å². The Balaban J connectivity index is 1.94. The number of hydrogen-bond acceptors (Lipinski definition) is 6. The summed E-state index contributed by atoms with van der Waals surface area (Å²) in [6.07, 6.45) is 2.61. The molecule has 1 atom stereocenters. The van der Waals surface area contributed by atoms with E-state index in [0.717, 1.165) is 16.6 Å². The molecule has 0 spiro atoms. The Bertz CT molecular complexity index is 599. The number of fused-ring (bicyclic) bond motifs is 1. The van der Waals surface area contributed by atoms with Gasteiger partial charge in [0, 0.05) is 18.0 Å². The van der Waals surface area contributed by atoms with Crippen LogP contribution < -0.4 is 5.32 Å². The molecule has 0 saturated carbocycles. The van der Waals surface area contributed by atoms with Gasteiger partial charge in [0.15, 0.2) is 10.8 Å². The van der Waals surface area contributed by atoms with Gasteiger partial charge in [0.1, 0.15) is 6.04 Å². The quantitative estimate of drug-likeness (QED) is 0.621. The molecule has 0 bridgehead atoms. The van der Waals surface area contributed by atoms with E-state index in [0.29, 0.717) is 6.42 Å². The van der Waals surface area contributed by atoms with Gasteiger partial charge in [-0.15, -0.1) is 10.2 Å². The molecule has 0 aliphatic carbocycles. The molecule has 6 nitrogen and oxygen atoms in total. The molecule has 0 aliphatic rings. The number of pyridine rings is 1. The first-order valence-corrected chi connectivity index (χ1v) is 7.87. The topological polar surface area (TPSA) is 68.5 Å². The number of carbonyl (C=O) groups is 1. The van der Waals surface area contributed by atoms with Crippen LogP contribution in [0.2, 0.25) is 0 Å². The lowest BCUT2D eigenvalue weighted by atomic mass is 10.2. The van der Waals surface area contributed by atoms with E-state index in [2.05, 4.69) is 15.5 Å². The van der Waals surface area contributed by atoms with Crippen LogP contribution in [-0.4, -0.2) is 45.5 Å². The fraction of sp³-hybridized carbons (Fsp3) is 0.500. The molecule has 0 saturated heterocycles. The molecule has 2 aromatic heterocycles. The first-order chi connectivity index (χ1) is 10.1. The minimum Gasteiger partial charge on any atom is -0.468 e. The van der Waals surface area contributed by atoms with E-state index in [4.69, 9.17) is 4.74 Å². The van der Waals surface area contributed by atoms with Crippen LogP contribution in [0.5, 0.6) is 0 Å². The van der Waals surface area contributed by atoms with Gasteiger partial charge < -0.3 is 10.1 Å². The number of nitrogens with one attached hydrogen (secondary N) is 1. The molecular weight excluding hydrogens is 288 g/mol. The molecule has 7 heteroatoms. The van der Waals surface area contributed by atoms with Crippen LogP contribution in [0.1, 0.15) is 20.3 Å². The summed E-state index contributed by atoms with van der Waals surface area (Å²) in [5.74, 6) is 0.533. The van der Waals surface area contributed by atoms with E-state index in [1.165, 1.54) is 7.11 Å². The maximum atomic E-state index is 11.7. The number of ether oxygens (including phenoxy) is 1. The minimum absolute atomic E-state index is 0.226. The predicted octanol–water partition coefficient (Wildman–Crippen LogP) is 1.75. The number of aromatic nitrogens is 3. The maximum absolute atomic E-state index is 11.7. The van der Waals surface area contributed by atoms with Crippen LogP contribution in [0.25, 0.3) is 5.65 Å². The third-order valence-corrected chi connectivity index (χ3v) is 3.92. The van der Waals surface area contributed by atoms with Crippen molar-refractivity contribution in [3.8, 4) is 0 Å². The summed E-state index contributed by atoms with van der Waals surface area (Å²) >= 11 is 1.58.